The normalized spacial score (nSPS) is 19.7. The van der Waals surface area contributed by atoms with Crippen LogP contribution >= 0.6 is 0 Å². The third-order valence-electron chi connectivity index (χ3n) is 6.87. The first-order valence-electron chi connectivity index (χ1n) is 14.1. The van der Waals surface area contributed by atoms with Gasteiger partial charge in [-0.3, -0.25) is 10.1 Å². The quantitative estimate of drug-likeness (QED) is 0.220. The van der Waals surface area contributed by atoms with Gasteiger partial charge < -0.3 is 13.9 Å². The highest BCUT2D eigenvalue weighted by Crippen LogP contribution is 2.47. The summed E-state index contributed by atoms with van der Waals surface area (Å²) in [4.78, 5) is 29.9. The van der Waals surface area contributed by atoms with Gasteiger partial charge in [-0.05, 0) is 44.2 Å². The highest BCUT2D eigenvalue weighted by molar-refractivity contribution is 5.98. The number of Topliss-reactive ketones (excluding diaryl/α,β-unsaturated/α-hetero) is 1. The van der Waals surface area contributed by atoms with Crippen LogP contribution in [0.2, 0.25) is 0 Å². The molecule has 1 aromatic carbocycles. The molecule has 0 saturated carbocycles. The summed E-state index contributed by atoms with van der Waals surface area (Å²) < 4.78 is 104. The number of hydrogen-bond donors (Lipinski definition) is 1. The maximum absolute atomic E-state index is 15.0. The van der Waals surface area contributed by atoms with E-state index in [2.05, 4.69) is 20.5 Å². The van der Waals surface area contributed by atoms with Gasteiger partial charge in [0.15, 0.2) is 11.5 Å². The topological polar surface area (TPSA) is 116 Å². The third-order valence-corrected chi connectivity index (χ3v) is 6.87. The van der Waals surface area contributed by atoms with Crippen molar-refractivity contribution in [1.29, 1.82) is 0 Å². The number of halogens is 6. The number of fused-ring (bicyclic) bond motifs is 5. The number of nitrogens with zero attached hydrogens (tertiary/aromatic N) is 3. The number of rotatable bonds is 4. The van der Waals surface area contributed by atoms with E-state index < -0.39 is 94.7 Å². The summed E-state index contributed by atoms with van der Waals surface area (Å²) in [6.07, 6.45) is -10.1. The van der Waals surface area contributed by atoms with E-state index in [1.54, 1.807) is 44.2 Å². The Labute approximate surface area is 260 Å². The van der Waals surface area contributed by atoms with E-state index in [1.165, 1.54) is 32.9 Å². The van der Waals surface area contributed by atoms with Gasteiger partial charge in [0.2, 0.25) is 5.60 Å². The summed E-state index contributed by atoms with van der Waals surface area (Å²) >= 11 is 0. The molecule has 0 fully saturated rings. The van der Waals surface area contributed by atoms with Gasteiger partial charge in [0.25, 0.3) is 11.8 Å². The Bertz CT molecular complexity index is 1610. The second-order valence-electron chi connectivity index (χ2n) is 12.6. The Morgan fingerprint density at radius 1 is 0.978 bits per heavy atom. The standard InChI is InChI=1S/C31H32F6N4O5/c1-27(2,3)46-26(43)38-20-15-19(30(32,33)34)22-21(42)16-28(4,5)13-9-10-14-29(31(35,36)37,44-17-18-11-7-6-8-12-18)25-41-40-24(45-25)23(20)39-22/h6-12,15H,13-14,16-17H2,1-5H3,(H,38,43)/b10-9-/t29-/m1/s1. The van der Waals surface area contributed by atoms with Crippen LogP contribution in [0, 0.1) is 5.41 Å². The lowest BCUT2D eigenvalue weighted by Gasteiger charge is -2.32. The molecule has 3 aromatic rings. The third kappa shape index (κ3) is 7.92. The molecule has 0 saturated heterocycles. The average Bonchev–Trinajstić information content (AvgIpc) is 3.40. The van der Waals surface area contributed by atoms with E-state index in [0.717, 1.165) is 0 Å². The summed E-state index contributed by atoms with van der Waals surface area (Å²) in [5.41, 5.74) is -8.74. The van der Waals surface area contributed by atoms with E-state index >= 15 is 13.2 Å². The fourth-order valence-corrected chi connectivity index (χ4v) is 4.65. The summed E-state index contributed by atoms with van der Waals surface area (Å²) in [5, 5.41) is 9.40. The number of ether oxygens (including phenoxy) is 2. The molecule has 15 heteroatoms. The van der Waals surface area contributed by atoms with Gasteiger partial charge in [0.1, 0.15) is 11.3 Å². The van der Waals surface area contributed by atoms with Crippen LogP contribution in [0.25, 0.3) is 11.6 Å². The van der Waals surface area contributed by atoms with Crippen molar-refractivity contribution < 1.29 is 49.8 Å². The van der Waals surface area contributed by atoms with Crippen LogP contribution in [-0.4, -0.2) is 38.8 Å². The molecular formula is C31H32F6N4O5. The van der Waals surface area contributed by atoms with Gasteiger partial charge in [-0.15, -0.1) is 10.2 Å². The molecule has 46 heavy (non-hydrogen) atoms. The van der Waals surface area contributed by atoms with Gasteiger partial charge >= 0.3 is 18.4 Å². The van der Waals surface area contributed by atoms with Crippen LogP contribution in [0.15, 0.2) is 53.0 Å². The average molecular weight is 655 g/mol. The first-order chi connectivity index (χ1) is 21.2. The first-order valence-corrected chi connectivity index (χ1v) is 14.1. The molecule has 3 heterocycles. The van der Waals surface area contributed by atoms with Crippen LogP contribution in [0.1, 0.15) is 81.4 Å². The number of carbonyl (C=O) groups excluding carboxylic acids is 2. The van der Waals surface area contributed by atoms with E-state index in [-0.39, 0.29) is 6.42 Å². The number of pyridine rings is 1. The number of benzene rings is 1. The number of aromatic nitrogens is 3. The summed E-state index contributed by atoms with van der Waals surface area (Å²) in [6, 6.07) is 8.47. The van der Waals surface area contributed by atoms with Gasteiger partial charge in [-0.2, -0.15) is 26.3 Å². The Balaban J connectivity index is 1.97. The molecule has 4 rings (SSSR count). The van der Waals surface area contributed by atoms with Crippen molar-refractivity contribution in [1.82, 2.24) is 15.2 Å². The lowest BCUT2D eigenvalue weighted by atomic mass is 9.82. The molecule has 0 spiro atoms. The highest BCUT2D eigenvalue weighted by Gasteiger charge is 2.61. The number of anilines is 1. The summed E-state index contributed by atoms with van der Waals surface area (Å²) in [7, 11) is 0. The predicted octanol–water partition coefficient (Wildman–Crippen LogP) is 8.42. The number of nitrogens with one attached hydrogen (secondary N) is 1. The molecule has 0 radical (unpaired) electrons. The Morgan fingerprint density at radius 3 is 2.24 bits per heavy atom. The van der Waals surface area contributed by atoms with Crippen LogP contribution in [0.4, 0.5) is 36.8 Å². The fraction of sp³-hybridized carbons (Fsp3) is 0.452. The molecule has 2 aromatic heterocycles. The molecular weight excluding hydrogens is 622 g/mol. The maximum Gasteiger partial charge on any atom is 0.426 e. The minimum absolute atomic E-state index is 0.0208. The maximum atomic E-state index is 15.0. The van der Waals surface area contributed by atoms with Gasteiger partial charge in [0.05, 0.1) is 17.9 Å². The van der Waals surface area contributed by atoms with Crippen LogP contribution in [0.3, 0.4) is 0 Å². The predicted molar refractivity (Wildman–Crippen MR) is 152 cm³/mol. The van der Waals surface area contributed by atoms with Crippen molar-refractivity contribution >= 4 is 17.6 Å². The number of allylic oxidation sites excluding steroid dienone is 1. The lowest BCUT2D eigenvalue weighted by molar-refractivity contribution is -0.295. The largest absolute Gasteiger partial charge is 0.444 e. The minimum Gasteiger partial charge on any atom is -0.444 e. The van der Waals surface area contributed by atoms with E-state index in [1.807, 2.05) is 0 Å². The monoisotopic (exact) mass is 654 g/mol. The molecule has 0 aliphatic carbocycles. The van der Waals surface area contributed by atoms with Crippen molar-refractivity contribution in [3.05, 3.63) is 71.3 Å². The first kappa shape index (κ1) is 34.6. The molecule has 248 valence electrons. The smallest absolute Gasteiger partial charge is 0.426 e. The molecule has 9 nitrogen and oxygen atoms in total. The van der Waals surface area contributed by atoms with Gasteiger partial charge in [0, 0.05) is 12.8 Å². The zero-order valence-electron chi connectivity index (χ0n) is 25.6. The van der Waals surface area contributed by atoms with E-state index in [0.29, 0.717) is 11.6 Å². The zero-order chi connectivity index (χ0) is 34.1. The second kappa shape index (κ2) is 12.5. The van der Waals surface area contributed by atoms with Crippen molar-refractivity contribution in [3.8, 4) is 11.6 Å². The summed E-state index contributed by atoms with van der Waals surface area (Å²) in [6.45, 7) is 7.16. The van der Waals surface area contributed by atoms with Gasteiger partial charge in [-0.25, -0.2) is 9.78 Å². The molecule has 0 unspecified atom stereocenters. The van der Waals surface area contributed by atoms with Crippen LogP contribution < -0.4 is 5.32 Å². The Kier molecular flexibility index (Phi) is 9.40. The number of hydrogen-bond acceptors (Lipinski definition) is 8. The molecule has 1 N–H and O–H groups in total. The minimum atomic E-state index is -5.13. The lowest BCUT2D eigenvalue weighted by Crippen LogP contribution is -2.45. The SMILES string of the molecule is CC1(C)C/C=C\C[C@](OCc2ccccc2)(C(F)(F)F)c2nnc(o2)-c2nc(c(C(F)(F)F)cc2NC(=O)OC(C)(C)C)C(=O)C1. The number of alkyl halides is 6. The van der Waals surface area contributed by atoms with Crippen molar-refractivity contribution in [2.24, 2.45) is 5.41 Å². The molecule has 1 aliphatic heterocycles. The fourth-order valence-electron chi connectivity index (χ4n) is 4.65. The molecule has 4 bridgehead atoms. The number of ketones is 1. The van der Waals surface area contributed by atoms with Crippen molar-refractivity contribution in [2.75, 3.05) is 5.32 Å². The van der Waals surface area contributed by atoms with Gasteiger partial charge in [-0.1, -0.05) is 56.3 Å². The summed E-state index contributed by atoms with van der Waals surface area (Å²) in [5.74, 6) is -2.87. The second-order valence-corrected chi connectivity index (χ2v) is 12.6. The molecule has 1 amide bonds. The number of amides is 1. The number of carbonyl (C=O) groups is 2. The van der Waals surface area contributed by atoms with Crippen LogP contribution in [-0.2, 0) is 27.9 Å². The van der Waals surface area contributed by atoms with Crippen molar-refractivity contribution in [3.63, 3.8) is 0 Å². The van der Waals surface area contributed by atoms with E-state index in [4.69, 9.17) is 13.9 Å². The highest BCUT2D eigenvalue weighted by atomic mass is 19.4. The molecule has 1 atom stereocenters. The molecule has 1 aliphatic rings. The Hall–Kier alpha value is -4.27. The zero-order valence-corrected chi connectivity index (χ0v) is 25.6. The Morgan fingerprint density at radius 2 is 1.63 bits per heavy atom. The van der Waals surface area contributed by atoms with Crippen molar-refractivity contribution in [2.45, 2.75) is 84.0 Å². The van der Waals surface area contributed by atoms with Crippen LogP contribution in [0.5, 0.6) is 0 Å². The van der Waals surface area contributed by atoms with E-state index in [9.17, 15) is 22.8 Å².